The van der Waals surface area contributed by atoms with Crippen LogP contribution in [0.2, 0.25) is 0 Å². The molecule has 0 saturated heterocycles. The van der Waals surface area contributed by atoms with Crippen molar-refractivity contribution in [2.24, 2.45) is 41.4 Å². The molecule has 9 atom stereocenters. The first-order valence-corrected chi connectivity index (χ1v) is 19.8. The second-order valence-corrected chi connectivity index (χ2v) is 16.3. The van der Waals surface area contributed by atoms with Gasteiger partial charge in [0.15, 0.2) is 0 Å². The maximum absolute atomic E-state index is 2.75. The van der Waals surface area contributed by atoms with Gasteiger partial charge in [-0.25, -0.2) is 0 Å². The fourth-order valence-corrected chi connectivity index (χ4v) is 11.4. The lowest BCUT2D eigenvalue weighted by Crippen LogP contribution is -2.36. The molecule has 8 aliphatic rings. The largest absolute Gasteiger partial charge is 0.334 e. The van der Waals surface area contributed by atoms with E-state index in [1.807, 2.05) is 0 Å². The lowest BCUT2D eigenvalue weighted by molar-refractivity contribution is 0.200. The maximum Gasteiger partial charge on any atom is 0.0528 e. The molecule has 1 heteroatoms. The summed E-state index contributed by atoms with van der Waals surface area (Å²) in [6.45, 7) is 0. The van der Waals surface area contributed by atoms with Gasteiger partial charge in [0.2, 0.25) is 0 Å². The Morgan fingerprint density at radius 3 is 2.57 bits per heavy atom. The number of nitrogens with zero attached hydrogens (tertiary/aromatic N) is 1. The molecule has 1 fully saturated rings. The summed E-state index contributed by atoms with van der Waals surface area (Å²) in [5, 5.41) is 1.51. The van der Waals surface area contributed by atoms with Gasteiger partial charge in [-0.3, -0.25) is 0 Å². The summed E-state index contributed by atoms with van der Waals surface area (Å²) in [6, 6.07) is 9.80. The minimum absolute atomic E-state index is 0.383. The van der Waals surface area contributed by atoms with Gasteiger partial charge in [0.25, 0.3) is 0 Å². The normalized spacial score (nSPS) is 35.9. The highest BCUT2D eigenvalue weighted by Crippen LogP contribution is 2.57. The van der Waals surface area contributed by atoms with Crippen molar-refractivity contribution >= 4 is 17.0 Å². The number of hydrogen-bond donors (Lipinski definition) is 0. The van der Waals surface area contributed by atoms with Crippen LogP contribution in [0.5, 0.6) is 0 Å². The van der Waals surface area contributed by atoms with Gasteiger partial charge in [-0.1, -0.05) is 128 Å². The molecular weight excluding hydrogens is 591 g/mol. The second kappa shape index (κ2) is 12.5. The van der Waals surface area contributed by atoms with Gasteiger partial charge in [0.05, 0.1) is 6.04 Å². The zero-order valence-corrected chi connectivity index (χ0v) is 29.0. The average molecular weight is 642 g/mol. The summed E-state index contributed by atoms with van der Waals surface area (Å²) in [7, 11) is 0. The van der Waals surface area contributed by atoms with E-state index in [1.54, 1.807) is 22.3 Å². The van der Waals surface area contributed by atoms with Gasteiger partial charge < -0.3 is 4.57 Å². The molecule has 0 bridgehead atoms. The van der Waals surface area contributed by atoms with Crippen LogP contribution < -0.4 is 0 Å². The maximum atomic E-state index is 2.75. The molecule has 1 heterocycles. The Balaban J connectivity index is 1.02. The molecule has 1 aromatic heterocycles. The van der Waals surface area contributed by atoms with Crippen LogP contribution in [0.3, 0.4) is 0 Å². The van der Waals surface area contributed by atoms with E-state index in [0.717, 1.165) is 6.42 Å². The summed E-state index contributed by atoms with van der Waals surface area (Å²) < 4.78 is 2.75. The van der Waals surface area contributed by atoms with Crippen molar-refractivity contribution in [3.05, 3.63) is 149 Å². The highest BCUT2D eigenvalue weighted by molar-refractivity contribution is 5.90. The minimum Gasteiger partial charge on any atom is -0.334 e. The SMILES string of the molecule is C1=CCC(C2=CC3C=CC(n4c5c(c6ccccc64)C4C(C=C5)C=C(C5=CC(C6=CCCCC6)CC=C5)C5CCCCC54)CC3C=C2)C=C1. The molecule has 49 heavy (non-hydrogen) atoms. The van der Waals surface area contributed by atoms with Gasteiger partial charge in [0.1, 0.15) is 0 Å². The summed E-state index contributed by atoms with van der Waals surface area (Å²) >= 11 is 0. The van der Waals surface area contributed by atoms with Gasteiger partial charge in [-0.05, 0) is 116 Å². The number of benzene rings is 1. The molecule has 0 aliphatic heterocycles. The van der Waals surface area contributed by atoms with Crippen LogP contribution in [0.15, 0.2) is 138 Å². The van der Waals surface area contributed by atoms with Crippen molar-refractivity contribution in [1.29, 1.82) is 0 Å². The number of fused-ring (bicyclic) bond motifs is 8. The van der Waals surface area contributed by atoms with Crippen LogP contribution >= 0.6 is 0 Å². The first-order valence-electron chi connectivity index (χ1n) is 19.8. The molecule has 0 radical (unpaired) electrons. The Labute approximate surface area is 293 Å². The lowest BCUT2D eigenvalue weighted by atomic mass is 9.57. The first-order chi connectivity index (χ1) is 24.3. The van der Waals surface area contributed by atoms with E-state index in [0.29, 0.717) is 53.4 Å². The summed E-state index contributed by atoms with van der Waals surface area (Å²) in [5.74, 6) is 4.64. The molecular formula is C48H51N. The number of allylic oxidation sites excluding steroid dienone is 19. The molecule has 2 aromatic rings. The molecule has 10 rings (SSSR count). The van der Waals surface area contributed by atoms with E-state index in [4.69, 9.17) is 0 Å². The Kier molecular flexibility index (Phi) is 7.65. The number of rotatable bonds is 4. The van der Waals surface area contributed by atoms with Crippen LogP contribution in [-0.2, 0) is 0 Å². The van der Waals surface area contributed by atoms with E-state index in [9.17, 15) is 0 Å². The van der Waals surface area contributed by atoms with E-state index in [-0.39, 0.29) is 0 Å². The topological polar surface area (TPSA) is 4.93 Å². The van der Waals surface area contributed by atoms with Gasteiger partial charge >= 0.3 is 0 Å². The van der Waals surface area contributed by atoms with E-state index < -0.39 is 0 Å². The Morgan fingerprint density at radius 1 is 0.714 bits per heavy atom. The van der Waals surface area contributed by atoms with Crippen LogP contribution in [0.4, 0.5) is 0 Å². The van der Waals surface area contributed by atoms with Crippen LogP contribution in [0.1, 0.15) is 93.8 Å². The van der Waals surface area contributed by atoms with Crippen LogP contribution in [0.25, 0.3) is 17.0 Å². The molecule has 0 amide bonds. The zero-order chi connectivity index (χ0) is 32.3. The van der Waals surface area contributed by atoms with E-state index in [2.05, 4.69) is 126 Å². The first kappa shape index (κ1) is 30.0. The quantitative estimate of drug-likeness (QED) is 0.293. The molecule has 9 unspecified atom stereocenters. The van der Waals surface area contributed by atoms with Gasteiger partial charge in [-0.15, -0.1) is 0 Å². The summed E-state index contributed by atoms with van der Waals surface area (Å²) in [6.07, 6.45) is 54.1. The van der Waals surface area contributed by atoms with Crippen molar-refractivity contribution in [2.45, 2.75) is 82.6 Å². The van der Waals surface area contributed by atoms with E-state index >= 15 is 0 Å². The number of aromatic nitrogens is 1. The fourth-order valence-electron chi connectivity index (χ4n) is 11.4. The van der Waals surface area contributed by atoms with Crippen molar-refractivity contribution in [1.82, 2.24) is 4.57 Å². The lowest BCUT2D eigenvalue weighted by Gasteiger charge is -2.47. The standard InChI is InChI=1S/C48H51N/c1-3-12-32(13-4-1)34-16-11-17-38(29-34)44-31-39-25-27-46-48(47(39)42-19-8-7-18-41(42)44)43-20-9-10-21-45(43)49(46)40-26-24-36-28-35(22-23-37(36)30-40)33-14-5-2-6-15-33/h2,5-6,9-12,14,17,20-29,31,33-34,36-37,39-42,47H,1,3-4,7-8,13,15-16,18-19,30H2. The third-order valence-electron chi connectivity index (χ3n) is 13.7. The smallest absolute Gasteiger partial charge is 0.0528 e. The second-order valence-electron chi connectivity index (χ2n) is 16.3. The molecule has 1 nitrogen and oxygen atoms in total. The summed E-state index contributed by atoms with van der Waals surface area (Å²) in [5.41, 5.74) is 11.0. The van der Waals surface area contributed by atoms with Crippen molar-refractivity contribution < 1.29 is 0 Å². The highest BCUT2D eigenvalue weighted by Gasteiger charge is 2.45. The predicted octanol–water partition coefficient (Wildman–Crippen LogP) is 12.5. The number of hydrogen-bond acceptors (Lipinski definition) is 0. The van der Waals surface area contributed by atoms with Gasteiger partial charge in [0, 0.05) is 40.3 Å². The number of para-hydroxylation sites is 1. The van der Waals surface area contributed by atoms with Crippen molar-refractivity contribution in [3.8, 4) is 0 Å². The Morgan fingerprint density at radius 2 is 1.65 bits per heavy atom. The molecule has 1 saturated carbocycles. The summed E-state index contributed by atoms with van der Waals surface area (Å²) in [4.78, 5) is 0. The van der Waals surface area contributed by atoms with Crippen LogP contribution in [0, 0.1) is 41.4 Å². The van der Waals surface area contributed by atoms with Crippen molar-refractivity contribution in [2.75, 3.05) is 0 Å². The fraction of sp³-hybridized carbons (Fsp3) is 0.417. The third kappa shape index (κ3) is 5.17. The monoisotopic (exact) mass is 641 g/mol. The van der Waals surface area contributed by atoms with E-state index in [1.165, 1.54) is 86.4 Å². The molecule has 1 aromatic carbocycles. The third-order valence-corrected chi connectivity index (χ3v) is 13.7. The van der Waals surface area contributed by atoms with Gasteiger partial charge in [-0.2, -0.15) is 0 Å². The van der Waals surface area contributed by atoms with Crippen LogP contribution in [-0.4, -0.2) is 4.57 Å². The highest BCUT2D eigenvalue weighted by atomic mass is 15.0. The molecule has 8 aliphatic carbocycles. The Bertz CT molecular complexity index is 1960. The molecule has 0 spiro atoms. The molecule has 248 valence electrons. The van der Waals surface area contributed by atoms with Crippen molar-refractivity contribution in [3.63, 3.8) is 0 Å². The molecule has 0 N–H and O–H groups in total. The predicted molar refractivity (Wildman–Crippen MR) is 206 cm³/mol. The zero-order valence-electron chi connectivity index (χ0n) is 29.0. The Hall–Kier alpha value is -3.84. The average Bonchev–Trinajstić information content (AvgIpc) is 3.52. The minimum atomic E-state index is 0.383.